The lowest BCUT2D eigenvalue weighted by atomic mass is 10.3. The molecule has 0 aliphatic heterocycles. The average Bonchev–Trinajstić information content (AvgIpc) is 2.64. The lowest BCUT2D eigenvalue weighted by molar-refractivity contribution is 0.929. The minimum Gasteiger partial charge on any atom is -0.277 e. The van der Waals surface area contributed by atoms with Gasteiger partial charge in [-0.25, -0.2) is 4.98 Å². The fourth-order valence-corrected chi connectivity index (χ4v) is 1.14. The van der Waals surface area contributed by atoms with Crippen LogP contribution in [0.15, 0.2) is 30.7 Å². The normalized spacial score (nSPS) is 10.1. The third kappa shape index (κ3) is 1.74. The zero-order valence-corrected chi connectivity index (χ0v) is 8.23. The molecule has 1 N–H and O–H groups in total. The molecule has 0 spiro atoms. The van der Waals surface area contributed by atoms with E-state index in [4.69, 9.17) is 0 Å². The molecule has 0 aliphatic rings. The minimum absolute atomic E-state index is 0.754. The van der Waals surface area contributed by atoms with Gasteiger partial charge in [-0.2, -0.15) is 0 Å². The molecular formula is C10H12N4. The monoisotopic (exact) mass is 188 g/mol. The van der Waals surface area contributed by atoms with E-state index in [-0.39, 0.29) is 0 Å². The second-order valence-corrected chi connectivity index (χ2v) is 3.13. The van der Waals surface area contributed by atoms with Crippen LogP contribution in [0.3, 0.4) is 0 Å². The Morgan fingerprint density at radius 3 is 2.50 bits per heavy atom. The summed E-state index contributed by atoms with van der Waals surface area (Å²) >= 11 is 0. The molecule has 0 radical (unpaired) electrons. The zero-order valence-electron chi connectivity index (χ0n) is 8.23. The number of rotatable bonds is 2. The van der Waals surface area contributed by atoms with E-state index >= 15 is 0 Å². The second-order valence-electron chi connectivity index (χ2n) is 3.13. The molecule has 0 amide bonds. The lowest BCUT2D eigenvalue weighted by Crippen LogP contribution is -2.08. The van der Waals surface area contributed by atoms with Crippen LogP contribution in [0, 0.1) is 13.8 Å². The molecule has 0 saturated heterocycles. The second kappa shape index (κ2) is 3.49. The minimum atomic E-state index is 0.754. The largest absolute Gasteiger partial charge is 0.277 e. The molecule has 4 heteroatoms. The summed E-state index contributed by atoms with van der Waals surface area (Å²) in [5, 5.41) is 0. The molecular weight excluding hydrogens is 176 g/mol. The summed E-state index contributed by atoms with van der Waals surface area (Å²) in [6, 6.07) is 3.89. The Morgan fingerprint density at radius 2 is 1.86 bits per heavy atom. The Kier molecular flexibility index (Phi) is 2.18. The molecule has 2 rings (SSSR count). The molecule has 72 valence electrons. The van der Waals surface area contributed by atoms with Crippen LogP contribution in [0.25, 0.3) is 0 Å². The van der Waals surface area contributed by atoms with E-state index in [9.17, 15) is 0 Å². The maximum Gasteiger partial charge on any atom is 0.163 e. The first-order valence-electron chi connectivity index (χ1n) is 4.46. The first-order chi connectivity index (χ1) is 6.75. The molecule has 0 fully saturated rings. The molecule has 2 aromatic rings. The summed E-state index contributed by atoms with van der Waals surface area (Å²) in [4.78, 5) is 8.57. The number of nitrogens with one attached hydrogen (secondary N) is 1. The molecule has 0 saturated carbocycles. The summed E-state index contributed by atoms with van der Waals surface area (Å²) in [6.45, 7) is 3.89. The van der Waals surface area contributed by atoms with Crippen LogP contribution >= 0.6 is 0 Å². The van der Waals surface area contributed by atoms with Crippen molar-refractivity contribution in [1.29, 1.82) is 0 Å². The number of nitrogens with zero attached hydrogens (tertiary/aromatic N) is 3. The first-order valence-corrected chi connectivity index (χ1v) is 4.46. The smallest absolute Gasteiger partial charge is 0.163 e. The Hall–Kier alpha value is -1.84. The van der Waals surface area contributed by atoms with E-state index < -0.39 is 0 Å². The number of hydrogen-bond acceptors (Lipinski definition) is 3. The van der Waals surface area contributed by atoms with Gasteiger partial charge in [0.2, 0.25) is 0 Å². The highest BCUT2D eigenvalue weighted by Crippen LogP contribution is 2.05. The van der Waals surface area contributed by atoms with Gasteiger partial charge in [0, 0.05) is 12.4 Å². The molecule has 0 atom stereocenters. The molecule has 14 heavy (non-hydrogen) atoms. The average molecular weight is 188 g/mol. The van der Waals surface area contributed by atoms with Gasteiger partial charge < -0.3 is 0 Å². The van der Waals surface area contributed by atoms with E-state index in [2.05, 4.69) is 15.4 Å². The number of aromatic nitrogens is 3. The van der Waals surface area contributed by atoms with Crippen molar-refractivity contribution < 1.29 is 0 Å². The highest BCUT2D eigenvalue weighted by atomic mass is 15.4. The third-order valence-electron chi connectivity index (χ3n) is 2.04. The van der Waals surface area contributed by atoms with Gasteiger partial charge in [-0.05, 0) is 26.0 Å². The predicted molar refractivity (Wildman–Crippen MR) is 55.0 cm³/mol. The van der Waals surface area contributed by atoms with Gasteiger partial charge in [-0.1, -0.05) is 0 Å². The zero-order chi connectivity index (χ0) is 9.97. The van der Waals surface area contributed by atoms with E-state index in [1.54, 1.807) is 6.20 Å². The fraction of sp³-hybridized carbons (Fsp3) is 0.200. The highest BCUT2D eigenvalue weighted by Gasteiger charge is 1.98. The Morgan fingerprint density at radius 1 is 1.14 bits per heavy atom. The van der Waals surface area contributed by atoms with Crippen molar-refractivity contribution in [2.75, 3.05) is 5.43 Å². The van der Waals surface area contributed by atoms with E-state index in [0.29, 0.717) is 0 Å². The van der Waals surface area contributed by atoms with Gasteiger partial charge in [0.25, 0.3) is 0 Å². The van der Waals surface area contributed by atoms with E-state index in [1.165, 1.54) is 0 Å². The Balaban J connectivity index is 2.22. The van der Waals surface area contributed by atoms with Crippen LogP contribution < -0.4 is 5.43 Å². The summed E-state index contributed by atoms with van der Waals surface area (Å²) in [7, 11) is 0. The molecule has 2 heterocycles. The maximum atomic E-state index is 4.35. The lowest BCUT2D eigenvalue weighted by Gasteiger charge is -2.07. The highest BCUT2D eigenvalue weighted by molar-refractivity contribution is 5.33. The van der Waals surface area contributed by atoms with Crippen LogP contribution in [0.4, 0.5) is 5.82 Å². The van der Waals surface area contributed by atoms with Crippen molar-refractivity contribution in [3.8, 4) is 0 Å². The summed E-state index contributed by atoms with van der Waals surface area (Å²) in [5.74, 6) is 0.754. The molecule has 0 aromatic carbocycles. The molecule has 0 unspecified atom stereocenters. The standard InChI is InChI=1S/C10H12N4/c1-8-9(2)12-10(7-11-8)13-14-5-3-4-6-14/h3-7H,1-2H3,(H,12,13). The molecule has 2 aromatic heterocycles. The summed E-state index contributed by atoms with van der Waals surface area (Å²) < 4.78 is 1.83. The van der Waals surface area contributed by atoms with Crippen LogP contribution in [-0.4, -0.2) is 14.6 Å². The van der Waals surface area contributed by atoms with Crippen molar-refractivity contribution in [3.05, 3.63) is 42.1 Å². The molecule has 4 nitrogen and oxygen atoms in total. The quantitative estimate of drug-likeness (QED) is 0.781. The van der Waals surface area contributed by atoms with Gasteiger partial charge in [0.1, 0.15) is 0 Å². The summed E-state index contributed by atoms with van der Waals surface area (Å²) in [5.41, 5.74) is 5.00. The van der Waals surface area contributed by atoms with Crippen LogP contribution in [0.2, 0.25) is 0 Å². The van der Waals surface area contributed by atoms with Gasteiger partial charge in [-0.3, -0.25) is 15.1 Å². The molecule has 0 aliphatic carbocycles. The van der Waals surface area contributed by atoms with Crippen molar-refractivity contribution >= 4 is 5.82 Å². The van der Waals surface area contributed by atoms with Gasteiger partial charge in [0.15, 0.2) is 5.82 Å². The molecule has 0 bridgehead atoms. The Labute approximate surface area is 82.6 Å². The maximum absolute atomic E-state index is 4.35. The van der Waals surface area contributed by atoms with Gasteiger partial charge in [0.05, 0.1) is 17.6 Å². The number of anilines is 1. The van der Waals surface area contributed by atoms with Crippen LogP contribution in [-0.2, 0) is 0 Å². The van der Waals surface area contributed by atoms with Crippen molar-refractivity contribution in [1.82, 2.24) is 14.6 Å². The predicted octanol–water partition coefficient (Wildman–Crippen LogP) is 1.77. The SMILES string of the molecule is Cc1ncc(Nn2cccc2)nc1C. The van der Waals surface area contributed by atoms with Crippen molar-refractivity contribution in [3.63, 3.8) is 0 Å². The first kappa shape index (κ1) is 8.74. The number of aryl methyl sites for hydroxylation is 2. The van der Waals surface area contributed by atoms with Gasteiger partial charge >= 0.3 is 0 Å². The van der Waals surface area contributed by atoms with Crippen LogP contribution in [0.1, 0.15) is 11.4 Å². The number of hydrogen-bond donors (Lipinski definition) is 1. The van der Waals surface area contributed by atoms with E-state index in [0.717, 1.165) is 17.2 Å². The summed E-state index contributed by atoms with van der Waals surface area (Å²) in [6.07, 6.45) is 5.55. The van der Waals surface area contributed by atoms with Gasteiger partial charge in [-0.15, -0.1) is 0 Å². The van der Waals surface area contributed by atoms with Crippen LogP contribution in [0.5, 0.6) is 0 Å². The van der Waals surface area contributed by atoms with E-state index in [1.807, 2.05) is 43.0 Å². The van der Waals surface area contributed by atoms with Crippen molar-refractivity contribution in [2.45, 2.75) is 13.8 Å². The topological polar surface area (TPSA) is 42.7 Å². The third-order valence-corrected chi connectivity index (χ3v) is 2.04. The Bertz CT molecular complexity index is 420. The fourth-order valence-electron chi connectivity index (χ4n) is 1.14. The van der Waals surface area contributed by atoms with Crippen molar-refractivity contribution in [2.24, 2.45) is 0 Å².